The average Bonchev–Trinajstić information content (AvgIpc) is 2.87. The van der Waals surface area contributed by atoms with Crippen molar-refractivity contribution in [2.24, 2.45) is 18.7 Å². The minimum absolute atomic E-state index is 0.0420. The Balaban J connectivity index is 2.20. The molecule has 2 atom stereocenters. The normalized spacial score (nSPS) is 24.6. The Kier molecular flexibility index (Phi) is 3.74. The van der Waals surface area contributed by atoms with Gasteiger partial charge in [-0.25, -0.2) is 13.1 Å². The van der Waals surface area contributed by atoms with E-state index in [9.17, 15) is 8.42 Å². The number of nitrogens with two attached hydrogens (primary N) is 1. The van der Waals surface area contributed by atoms with E-state index in [2.05, 4.69) is 9.82 Å². The Morgan fingerprint density at radius 1 is 1.56 bits per heavy atom. The maximum absolute atomic E-state index is 12.3. The molecule has 3 N–H and O–H groups in total. The maximum Gasteiger partial charge on any atom is 0.244 e. The summed E-state index contributed by atoms with van der Waals surface area (Å²) in [5.41, 5.74) is 6.31. The average molecular weight is 272 g/mol. The SMILES string of the molecule is Cc1c(S(=O)(=O)NC2CCCC2CN)cnn1C. The molecule has 0 aromatic carbocycles. The molecule has 1 aliphatic carbocycles. The van der Waals surface area contributed by atoms with Crippen molar-refractivity contribution in [2.75, 3.05) is 6.54 Å². The number of aryl methyl sites for hydroxylation is 1. The number of rotatable bonds is 4. The van der Waals surface area contributed by atoms with E-state index in [4.69, 9.17) is 5.73 Å². The van der Waals surface area contributed by atoms with Gasteiger partial charge in [0.2, 0.25) is 10.0 Å². The highest BCUT2D eigenvalue weighted by Crippen LogP contribution is 2.26. The second-order valence-electron chi connectivity index (χ2n) is 4.87. The molecule has 1 saturated carbocycles. The summed E-state index contributed by atoms with van der Waals surface area (Å²) in [5, 5.41) is 3.97. The molecule has 0 radical (unpaired) electrons. The molecule has 0 bridgehead atoms. The van der Waals surface area contributed by atoms with Crippen LogP contribution in [0.1, 0.15) is 25.0 Å². The van der Waals surface area contributed by atoms with Gasteiger partial charge in [-0.05, 0) is 32.2 Å². The molecule has 2 rings (SSSR count). The number of nitrogens with one attached hydrogen (secondary N) is 1. The van der Waals surface area contributed by atoms with Crippen LogP contribution in [0.4, 0.5) is 0 Å². The van der Waals surface area contributed by atoms with Gasteiger partial charge in [0.25, 0.3) is 0 Å². The highest BCUT2D eigenvalue weighted by Gasteiger charge is 2.31. The lowest BCUT2D eigenvalue weighted by Crippen LogP contribution is -2.39. The first-order valence-corrected chi connectivity index (χ1v) is 7.65. The highest BCUT2D eigenvalue weighted by molar-refractivity contribution is 7.89. The third-order valence-electron chi connectivity index (χ3n) is 3.75. The lowest BCUT2D eigenvalue weighted by atomic mass is 10.1. The molecule has 1 heterocycles. The summed E-state index contributed by atoms with van der Waals surface area (Å²) < 4.78 is 28.9. The molecular weight excluding hydrogens is 252 g/mol. The fraction of sp³-hybridized carbons (Fsp3) is 0.727. The predicted octanol–water partition coefficient (Wildman–Crippen LogP) is 0.134. The minimum Gasteiger partial charge on any atom is -0.330 e. The van der Waals surface area contributed by atoms with Crippen LogP contribution in [0, 0.1) is 12.8 Å². The number of sulfonamides is 1. The molecule has 1 aromatic rings. The van der Waals surface area contributed by atoms with Gasteiger partial charge in [-0.2, -0.15) is 5.10 Å². The van der Waals surface area contributed by atoms with E-state index in [1.165, 1.54) is 6.20 Å². The molecule has 1 fully saturated rings. The Morgan fingerprint density at radius 3 is 2.83 bits per heavy atom. The highest BCUT2D eigenvalue weighted by atomic mass is 32.2. The third kappa shape index (κ3) is 2.43. The molecule has 18 heavy (non-hydrogen) atoms. The summed E-state index contributed by atoms with van der Waals surface area (Å²) in [5.74, 6) is 0.247. The summed E-state index contributed by atoms with van der Waals surface area (Å²) in [6.07, 6.45) is 4.28. The maximum atomic E-state index is 12.3. The zero-order valence-electron chi connectivity index (χ0n) is 10.8. The summed E-state index contributed by atoms with van der Waals surface area (Å²) in [6, 6.07) is -0.0420. The molecule has 0 spiro atoms. The first-order valence-electron chi connectivity index (χ1n) is 6.16. The molecular formula is C11H20N4O2S. The van der Waals surface area contributed by atoms with Gasteiger partial charge in [0, 0.05) is 13.1 Å². The lowest BCUT2D eigenvalue weighted by molar-refractivity contribution is 0.452. The van der Waals surface area contributed by atoms with Crippen molar-refractivity contribution >= 4 is 10.0 Å². The van der Waals surface area contributed by atoms with Gasteiger partial charge >= 0.3 is 0 Å². The Labute approximate surface area is 108 Å². The van der Waals surface area contributed by atoms with E-state index in [1.807, 2.05) is 0 Å². The van der Waals surface area contributed by atoms with Crippen LogP contribution in [0.25, 0.3) is 0 Å². The van der Waals surface area contributed by atoms with E-state index >= 15 is 0 Å². The van der Waals surface area contributed by atoms with Crippen LogP contribution in [-0.2, 0) is 17.1 Å². The molecule has 1 aliphatic rings. The van der Waals surface area contributed by atoms with Gasteiger partial charge in [0.15, 0.2) is 0 Å². The van der Waals surface area contributed by atoms with E-state index in [0.717, 1.165) is 19.3 Å². The number of hydrogen-bond acceptors (Lipinski definition) is 4. The first kappa shape index (κ1) is 13.5. The second-order valence-corrected chi connectivity index (χ2v) is 6.55. The minimum atomic E-state index is -3.49. The second kappa shape index (κ2) is 4.99. The summed E-state index contributed by atoms with van der Waals surface area (Å²) in [7, 11) is -1.76. The van der Waals surface area contributed by atoms with Crippen molar-refractivity contribution in [1.82, 2.24) is 14.5 Å². The number of hydrogen-bond donors (Lipinski definition) is 2. The Bertz CT molecular complexity index is 523. The number of aromatic nitrogens is 2. The molecule has 0 saturated heterocycles. The van der Waals surface area contributed by atoms with Gasteiger partial charge < -0.3 is 5.73 Å². The van der Waals surface area contributed by atoms with Crippen molar-refractivity contribution in [3.63, 3.8) is 0 Å². The number of nitrogens with zero attached hydrogens (tertiary/aromatic N) is 2. The van der Waals surface area contributed by atoms with Crippen molar-refractivity contribution in [1.29, 1.82) is 0 Å². The van der Waals surface area contributed by atoms with Crippen LogP contribution in [0.3, 0.4) is 0 Å². The van der Waals surface area contributed by atoms with Crippen molar-refractivity contribution in [3.8, 4) is 0 Å². The summed E-state index contributed by atoms with van der Waals surface area (Å²) in [4.78, 5) is 0.257. The van der Waals surface area contributed by atoms with E-state index in [-0.39, 0.29) is 16.9 Å². The Hall–Kier alpha value is -0.920. The zero-order chi connectivity index (χ0) is 13.3. The van der Waals surface area contributed by atoms with Crippen LogP contribution < -0.4 is 10.5 Å². The topological polar surface area (TPSA) is 90.0 Å². The largest absolute Gasteiger partial charge is 0.330 e. The standard InChI is InChI=1S/C11H20N4O2S/c1-8-11(7-13-15(8)2)18(16,17)14-10-5-3-4-9(10)6-12/h7,9-10,14H,3-6,12H2,1-2H3. The first-order chi connectivity index (χ1) is 8.45. The lowest BCUT2D eigenvalue weighted by Gasteiger charge is -2.19. The van der Waals surface area contributed by atoms with Gasteiger partial charge in [-0.15, -0.1) is 0 Å². The molecule has 6 nitrogen and oxygen atoms in total. The monoisotopic (exact) mass is 272 g/mol. The summed E-state index contributed by atoms with van der Waals surface area (Å²) in [6.45, 7) is 2.27. The molecule has 102 valence electrons. The zero-order valence-corrected chi connectivity index (χ0v) is 11.6. The van der Waals surface area contributed by atoms with Crippen molar-refractivity contribution in [3.05, 3.63) is 11.9 Å². The van der Waals surface area contributed by atoms with Crippen LogP contribution in [0.2, 0.25) is 0 Å². The smallest absolute Gasteiger partial charge is 0.244 e. The van der Waals surface area contributed by atoms with Crippen LogP contribution >= 0.6 is 0 Å². The quantitative estimate of drug-likeness (QED) is 0.815. The molecule has 0 amide bonds. The van der Waals surface area contributed by atoms with Gasteiger partial charge in [0.05, 0.1) is 11.9 Å². The third-order valence-corrected chi connectivity index (χ3v) is 5.34. The summed E-state index contributed by atoms with van der Waals surface area (Å²) >= 11 is 0. The predicted molar refractivity (Wildman–Crippen MR) is 68.4 cm³/mol. The van der Waals surface area contributed by atoms with E-state index in [1.54, 1.807) is 18.7 Å². The van der Waals surface area contributed by atoms with E-state index < -0.39 is 10.0 Å². The van der Waals surface area contributed by atoms with Crippen molar-refractivity contribution in [2.45, 2.75) is 37.1 Å². The molecule has 2 unspecified atom stereocenters. The molecule has 1 aromatic heterocycles. The van der Waals surface area contributed by atoms with E-state index in [0.29, 0.717) is 12.2 Å². The Morgan fingerprint density at radius 2 is 2.28 bits per heavy atom. The molecule has 7 heteroatoms. The molecule has 0 aliphatic heterocycles. The van der Waals surface area contributed by atoms with Gasteiger partial charge in [-0.3, -0.25) is 4.68 Å². The van der Waals surface area contributed by atoms with Gasteiger partial charge in [0.1, 0.15) is 4.90 Å². The van der Waals surface area contributed by atoms with Crippen molar-refractivity contribution < 1.29 is 8.42 Å². The fourth-order valence-corrected chi connectivity index (χ4v) is 4.02. The fourth-order valence-electron chi connectivity index (χ4n) is 2.48. The van der Waals surface area contributed by atoms with Crippen LogP contribution in [-0.4, -0.2) is 30.8 Å². The van der Waals surface area contributed by atoms with Crippen LogP contribution in [0.5, 0.6) is 0 Å². The van der Waals surface area contributed by atoms with Gasteiger partial charge in [-0.1, -0.05) is 6.42 Å². The van der Waals surface area contributed by atoms with Crippen LogP contribution in [0.15, 0.2) is 11.1 Å².